The summed E-state index contributed by atoms with van der Waals surface area (Å²) in [5, 5.41) is 72.3. The zero-order valence-corrected chi connectivity index (χ0v) is 44.3. The smallest absolute Gasteiger partial charge is 0.306 e. The van der Waals surface area contributed by atoms with Gasteiger partial charge in [0.15, 0.2) is 12.6 Å². The van der Waals surface area contributed by atoms with Gasteiger partial charge in [-0.3, -0.25) is 4.79 Å². The van der Waals surface area contributed by atoms with Crippen LogP contribution in [0.15, 0.2) is 109 Å². The molecule has 11 atom stereocenters. The minimum absolute atomic E-state index is 0.0305. The maximum atomic E-state index is 13.1. The lowest BCUT2D eigenvalue weighted by atomic mass is 9.98. The van der Waals surface area contributed by atoms with Gasteiger partial charge in [0.05, 0.1) is 26.4 Å². The molecule has 2 heterocycles. The van der Waals surface area contributed by atoms with E-state index in [1.165, 1.54) is 0 Å². The normalized spacial score (nSPS) is 25.8. The fourth-order valence-corrected chi connectivity index (χ4v) is 7.89. The summed E-state index contributed by atoms with van der Waals surface area (Å²) in [5.74, 6) is -0.405. The summed E-state index contributed by atoms with van der Waals surface area (Å²) < 4.78 is 34.3. The Bertz CT molecular complexity index is 1620. The number of esters is 1. The highest BCUT2D eigenvalue weighted by atomic mass is 16.7. The van der Waals surface area contributed by atoms with Gasteiger partial charge < -0.3 is 64.2 Å². The number of aliphatic hydroxyl groups excluding tert-OH is 7. The molecule has 2 rings (SSSR count). The third-order valence-electron chi connectivity index (χ3n) is 12.3. The van der Waals surface area contributed by atoms with Crippen LogP contribution < -0.4 is 0 Å². The van der Waals surface area contributed by atoms with Crippen LogP contribution in [0.3, 0.4) is 0 Å². The molecule has 0 saturated carbocycles. The van der Waals surface area contributed by atoms with Gasteiger partial charge in [-0.2, -0.15) is 0 Å². The second kappa shape index (κ2) is 44.9. The number of aliphatic hydroxyl groups is 7. The van der Waals surface area contributed by atoms with E-state index in [4.69, 9.17) is 28.4 Å². The van der Waals surface area contributed by atoms with Gasteiger partial charge in [-0.25, -0.2) is 0 Å². The van der Waals surface area contributed by atoms with Crippen molar-refractivity contribution in [2.45, 2.75) is 223 Å². The van der Waals surface area contributed by atoms with Crippen molar-refractivity contribution in [3.63, 3.8) is 0 Å². The van der Waals surface area contributed by atoms with E-state index in [-0.39, 0.29) is 19.6 Å². The number of carbonyl (C=O) groups is 1. The molecule has 0 spiro atoms. The Labute approximate surface area is 438 Å². The summed E-state index contributed by atoms with van der Waals surface area (Å²) in [6.45, 7) is 3.35. The molecule has 2 fully saturated rings. The Morgan fingerprint density at radius 2 is 0.849 bits per heavy atom. The highest BCUT2D eigenvalue weighted by Gasteiger charge is 2.47. The molecule has 0 aliphatic carbocycles. The molecule has 416 valence electrons. The molecular weight excluding hydrogens is 933 g/mol. The first-order valence-corrected chi connectivity index (χ1v) is 27.5. The van der Waals surface area contributed by atoms with Crippen molar-refractivity contribution in [2.24, 2.45) is 0 Å². The molecule has 7 N–H and O–H groups in total. The average Bonchev–Trinajstić information content (AvgIpc) is 3.39. The fraction of sp³-hybridized carbons (Fsp3) is 0.678. The van der Waals surface area contributed by atoms with E-state index in [0.29, 0.717) is 13.0 Å². The van der Waals surface area contributed by atoms with Crippen LogP contribution in [0.4, 0.5) is 0 Å². The van der Waals surface area contributed by atoms with E-state index < -0.39 is 86.7 Å². The number of allylic oxidation sites excluding steroid dienone is 18. The predicted molar refractivity (Wildman–Crippen MR) is 288 cm³/mol. The summed E-state index contributed by atoms with van der Waals surface area (Å²) >= 11 is 0. The van der Waals surface area contributed by atoms with Crippen LogP contribution >= 0.6 is 0 Å². The van der Waals surface area contributed by atoms with Crippen LogP contribution in [0.1, 0.15) is 155 Å². The fourth-order valence-electron chi connectivity index (χ4n) is 7.89. The Morgan fingerprint density at radius 3 is 1.33 bits per heavy atom. The largest absolute Gasteiger partial charge is 0.457 e. The minimum atomic E-state index is -1.72. The first-order valence-electron chi connectivity index (χ1n) is 27.5. The number of hydrogen-bond acceptors (Lipinski definition) is 14. The Balaban J connectivity index is 1.77. The lowest BCUT2D eigenvalue weighted by Gasteiger charge is -2.42. The molecule has 14 heteroatoms. The van der Waals surface area contributed by atoms with Gasteiger partial charge in [0.2, 0.25) is 0 Å². The third kappa shape index (κ3) is 32.0. The highest BCUT2D eigenvalue weighted by molar-refractivity contribution is 5.69. The minimum Gasteiger partial charge on any atom is -0.457 e. The highest BCUT2D eigenvalue weighted by Crippen LogP contribution is 2.26. The molecule has 0 bridgehead atoms. The lowest BCUT2D eigenvalue weighted by molar-refractivity contribution is -0.332. The molecule has 73 heavy (non-hydrogen) atoms. The van der Waals surface area contributed by atoms with Crippen molar-refractivity contribution in [1.82, 2.24) is 0 Å². The van der Waals surface area contributed by atoms with E-state index in [9.17, 15) is 40.5 Å². The molecule has 0 aromatic rings. The zero-order chi connectivity index (χ0) is 53.0. The predicted octanol–water partition coefficient (Wildman–Crippen LogP) is 9.18. The van der Waals surface area contributed by atoms with Gasteiger partial charge in [-0.05, 0) is 96.3 Å². The number of hydrogen-bond donors (Lipinski definition) is 7. The van der Waals surface area contributed by atoms with E-state index >= 15 is 0 Å². The number of ether oxygens (including phenoxy) is 6. The van der Waals surface area contributed by atoms with Crippen LogP contribution in [-0.4, -0.2) is 142 Å². The van der Waals surface area contributed by atoms with E-state index in [2.05, 4.69) is 123 Å². The number of rotatable bonds is 42. The first-order chi connectivity index (χ1) is 35.6. The summed E-state index contributed by atoms with van der Waals surface area (Å²) in [5.41, 5.74) is 0. The molecule has 11 unspecified atom stereocenters. The van der Waals surface area contributed by atoms with Crippen LogP contribution in [0.2, 0.25) is 0 Å². The SMILES string of the molecule is CC/C=C\C/C=C\C/C=C\C/C=C\C/C=C\CCCCCCOCC(COC1OC(COC2OC(CO)C(O)C(O)C2O)C(O)C(O)C1O)OC(=O)CCCCCCCC/C=C\C/C=C\C/C=C\C/C=C\CC. The summed E-state index contributed by atoms with van der Waals surface area (Å²) in [6.07, 6.45) is 44.3. The Morgan fingerprint density at radius 1 is 0.452 bits per heavy atom. The molecule has 0 amide bonds. The second-order valence-corrected chi connectivity index (χ2v) is 18.6. The van der Waals surface area contributed by atoms with Crippen LogP contribution in [0.25, 0.3) is 0 Å². The second-order valence-electron chi connectivity index (χ2n) is 18.6. The molecule has 2 aliphatic heterocycles. The maximum Gasteiger partial charge on any atom is 0.306 e. The third-order valence-corrected chi connectivity index (χ3v) is 12.3. The zero-order valence-electron chi connectivity index (χ0n) is 44.3. The maximum absolute atomic E-state index is 13.1. The average molecular weight is 1030 g/mol. The summed E-state index contributed by atoms with van der Waals surface area (Å²) in [6, 6.07) is 0. The van der Waals surface area contributed by atoms with Crippen molar-refractivity contribution in [3.8, 4) is 0 Å². The molecule has 0 radical (unpaired) electrons. The molecule has 2 aliphatic rings. The van der Waals surface area contributed by atoms with Crippen molar-refractivity contribution in [2.75, 3.05) is 33.0 Å². The van der Waals surface area contributed by atoms with E-state index in [1.807, 2.05) is 0 Å². The van der Waals surface area contributed by atoms with Crippen LogP contribution in [-0.2, 0) is 33.2 Å². The molecule has 2 saturated heterocycles. The topological polar surface area (TPSA) is 214 Å². The Kier molecular flexibility index (Phi) is 40.4. The lowest BCUT2D eigenvalue weighted by Crippen LogP contribution is -2.61. The first kappa shape index (κ1) is 65.8. The Hall–Kier alpha value is -3.35. The number of unbranched alkanes of at least 4 members (excludes halogenated alkanes) is 10. The van der Waals surface area contributed by atoms with Crippen molar-refractivity contribution in [3.05, 3.63) is 109 Å². The van der Waals surface area contributed by atoms with E-state index in [1.54, 1.807) is 0 Å². The quantitative estimate of drug-likeness (QED) is 0.0173. The van der Waals surface area contributed by atoms with Gasteiger partial charge in [-0.1, -0.05) is 162 Å². The standard InChI is InChI=1S/C59H96O14/c1-3-5-7-9-11-13-15-17-19-21-23-25-27-29-31-33-35-37-39-41-43-68-45-48(71-51(61)42-40-38-36-34-32-30-28-26-24-22-20-18-16-14-12-10-8-6-4-2)46-69-58-57(67)55(65)53(63)50(73-58)47-70-59-56(66)54(64)52(62)49(44-60)72-59/h5-8,11-14,17-20,23-26,29,31,48-50,52-60,62-67H,3-4,9-10,15-16,21-22,27-28,30,32-47H2,1-2H3/b7-5-,8-6-,13-11-,14-12-,19-17-,20-18-,25-23-,26-24-,31-29-. The van der Waals surface area contributed by atoms with Crippen molar-refractivity contribution >= 4 is 5.97 Å². The molecule has 0 aromatic heterocycles. The van der Waals surface area contributed by atoms with Gasteiger partial charge >= 0.3 is 5.97 Å². The van der Waals surface area contributed by atoms with Gasteiger partial charge in [-0.15, -0.1) is 0 Å². The van der Waals surface area contributed by atoms with Crippen molar-refractivity contribution in [1.29, 1.82) is 0 Å². The van der Waals surface area contributed by atoms with Crippen LogP contribution in [0.5, 0.6) is 0 Å². The van der Waals surface area contributed by atoms with Crippen LogP contribution in [0, 0.1) is 0 Å². The van der Waals surface area contributed by atoms with Crippen molar-refractivity contribution < 1.29 is 69.0 Å². The number of carbonyl (C=O) groups excluding carboxylic acids is 1. The monoisotopic (exact) mass is 1030 g/mol. The molecular formula is C59H96O14. The van der Waals surface area contributed by atoms with Gasteiger partial charge in [0.25, 0.3) is 0 Å². The molecule has 0 aromatic carbocycles. The molecule has 14 nitrogen and oxygen atoms in total. The van der Waals surface area contributed by atoms with E-state index in [0.717, 1.165) is 128 Å². The summed E-state index contributed by atoms with van der Waals surface area (Å²) in [4.78, 5) is 13.1. The summed E-state index contributed by atoms with van der Waals surface area (Å²) in [7, 11) is 0. The van der Waals surface area contributed by atoms with Gasteiger partial charge in [0, 0.05) is 13.0 Å². The van der Waals surface area contributed by atoms with Gasteiger partial charge in [0.1, 0.15) is 54.9 Å².